The van der Waals surface area contributed by atoms with E-state index in [-0.39, 0.29) is 0 Å². The van der Waals surface area contributed by atoms with Gasteiger partial charge < -0.3 is 28.4 Å². The van der Waals surface area contributed by atoms with Crippen LogP contribution in [0.3, 0.4) is 0 Å². The third-order valence-corrected chi connectivity index (χ3v) is 5.30. The summed E-state index contributed by atoms with van der Waals surface area (Å²) >= 11 is 0. The fourth-order valence-electron chi connectivity index (χ4n) is 3.70. The van der Waals surface area contributed by atoms with Gasteiger partial charge in [0, 0.05) is 22.8 Å². The monoisotopic (exact) mass is 434 g/mol. The maximum absolute atomic E-state index is 6.08. The Hall–Kier alpha value is -3.80. The molecule has 0 radical (unpaired) electrons. The Labute approximate surface area is 187 Å². The first kappa shape index (κ1) is 21.4. The molecule has 1 heterocycles. The molecule has 0 unspecified atom stereocenters. The zero-order valence-corrected chi connectivity index (χ0v) is 18.6. The van der Waals surface area contributed by atoms with Crippen LogP contribution >= 0.6 is 0 Å². The van der Waals surface area contributed by atoms with Gasteiger partial charge in [0.2, 0.25) is 5.75 Å². The fourth-order valence-corrected chi connectivity index (χ4v) is 3.70. The van der Waals surface area contributed by atoms with Crippen LogP contribution in [0.2, 0.25) is 0 Å². The summed E-state index contributed by atoms with van der Waals surface area (Å²) in [5, 5.41) is 0. The fraction of sp³-hybridized carbons (Fsp3) is 0.231. The van der Waals surface area contributed by atoms with Crippen molar-refractivity contribution in [3.05, 3.63) is 71.3 Å². The summed E-state index contributed by atoms with van der Waals surface area (Å²) in [4.78, 5) is 0. The Morgan fingerprint density at radius 3 is 2.19 bits per heavy atom. The normalized spacial score (nSPS) is 12.2. The largest absolute Gasteiger partial charge is 0.493 e. The topological polar surface area (TPSA) is 55.4 Å². The molecule has 6 heteroatoms. The predicted molar refractivity (Wildman–Crippen MR) is 123 cm³/mol. The van der Waals surface area contributed by atoms with Crippen LogP contribution in [-0.4, -0.2) is 35.0 Å². The molecule has 32 heavy (non-hydrogen) atoms. The summed E-state index contributed by atoms with van der Waals surface area (Å²) < 4.78 is 34.2. The van der Waals surface area contributed by atoms with Gasteiger partial charge in [-0.1, -0.05) is 30.3 Å². The highest BCUT2D eigenvalue weighted by molar-refractivity contribution is 5.89. The van der Waals surface area contributed by atoms with E-state index in [0.29, 0.717) is 42.0 Å². The zero-order valence-electron chi connectivity index (χ0n) is 18.6. The van der Waals surface area contributed by atoms with Gasteiger partial charge in [0.1, 0.15) is 19.0 Å². The van der Waals surface area contributed by atoms with Gasteiger partial charge in [-0.3, -0.25) is 0 Å². The minimum Gasteiger partial charge on any atom is -0.493 e. The molecule has 3 aromatic carbocycles. The second kappa shape index (κ2) is 9.56. The van der Waals surface area contributed by atoms with E-state index in [1.165, 1.54) is 0 Å². The van der Waals surface area contributed by atoms with Crippen LogP contribution in [-0.2, 0) is 6.61 Å². The predicted octanol–water partition coefficient (Wildman–Crippen LogP) is 5.23. The minimum absolute atomic E-state index is 0.378. The number of benzene rings is 3. The molecule has 0 saturated heterocycles. The molecule has 0 fully saturated rings. The maximum Gasteiger partial charge on any atom is 0.203 e. The van der Waals surface area contributed by atoms with E-state index in [9.17, 15) is 0 Å². The number of fused-ring (bicyclic) bond motifs is 1. The molecular formula is C26H26O6. The molecule has 0 aliphatic carbocycles. The maximum atomic E-state index is 6.08. The first-order chi connectivity index (χ1) is 15.7. The number of ether oxygens (including phenoxy) is 6. The number of hydrogen-bond donors (Lipinski definition) is 0. The molecule has 0 atom stereocenters. The van der Waals surface area contributed by atoms with Gasteiger partial charge >= 0.3 is 0 Å². The number of methoxy groups -OCH3 is 4. The number of rotatable bonds is 8. The molecule has 0 spiro atoms. The molecule has 1 aliphatic rings. The van der Waals surface area contributed by atoms with Gasteiger partial charge in [-0.05, 0) is 29.8 Å². The van der Waals surface area contributed by atoms with Crippen LogP contribution in [0.15, 0.2) is 54.6 Å². The van der Waals surface area contributed by atoms with Gasteiger partial charge in [-0.2, -0.15) is 0 Å². The van der Waals surface area contributed by atoms with Crippen molar-refractivity contribution in [1.82, 2.24) is 0 Å². The Balaban J connectivity index is 1.67. The molecule has 6 nitrogen and oxygen atoms in total. The lowest BCUT2D eigenvalue weighted by Crippen LogP contribution is -2.09. The Morgan fingerprint density at radius 2 is 1.50 bits per heavy atom. The van der Waals surface area contributed by atoms with Gasteiger partial charge in [0.25, 0.3) is 0 Å². The summed E-state index contributed by atoms with van der Waals surface area (Å²) in [5.74, 6) is 3.75. The molecule has 1 aliphatic heterocycles. The van der Waals surface area contributed by atoms with Crippen LogP contribution < -0.4 is 28.4 Å². The highest BCUT2D eigenvalue weighted by Crippen LogP contribution is 2.45. The summed E-state index contributed by atoms with van der Waals surface area (Å²) in [5.41, 5.74) is 3.80. The van der Waals surface area contributed by atoms with Gasteiger partial charge in [-0.25, -0.2) is 0 Å². The molecular weight excluding hydrogens is 408 g/mol. The lowest BCUT2D eigenvalue weighted by atomic mass is 9.99. The quantitative estimate of drug-likeness (QED) is 0.484. The molecule has 0 amide bonds. The second-order valence-electron chi connectivity index (χ2n) is 7.16. The zero-order chi connectivity index (χ0) is 22.5. The Morgan fingerprint density at radius 1 is 0.750 bits per heavy atom. The summed E-state index contributed by atoms with van der Waals surface area (Å²) in [6.45, 7) is 0.823. The third-order valence-electron chi connectivity index (χ3n) is 5.30. The van der Waals surface area contributed by atoms with Gasteiger partial charge in [-0.15, -0.1) is 0 Å². The lowest BCUT2D eigenvalue weighted by molar-refractivity contribution is 0.280. The highest BCUT2D eigenvalue weighted by atomic mass is 16.5. The summed E-state index contributed by atoms with van der Waals surface area (Å²) in [6, 6.07) is 17.6. The van der Waals surface area contributed by atoms with Crippen molar-refractivity contribution in [2.75, 3.05) is 35.0 Å². The second-order valence-corrected chi connectivity index (χ2v) is 7.16. The summed E-state index contributed by atoms with van der Waals surface area (Å²) in [6.07, 6.45) is 2.06. The van der Waals surface area contributed by atoms with E-state index in [2.05, 4.69) is 6.08 Å². The van der Waals surface area contributed by atoms with Crippen molar-refractivity contribution in [2.24, 2.45) is 0 Å². The molecule has 3 aromatic rings. The first-order valence-corrected chi connectivity index (χ1v) is 10.2. The van der Waals surface area contributed by atoms with Crippen molar-refractivity contribution in [1.29, 1.82) is 0 Å². The van der Waals surface area contributed by atoms with Crippen molar-refractivity contribution in [2.45, 2.75) is 6.61 Å². The third kappa shape index (κ3) is 4.17. The van der Waals surface area contributed by atoms with E-state index in [1.807, 2.05) is 54.6 Å². The van der Waals surface area contributed by atoms with Crippen molar-refractivity contribution in [3.63, 3.8) is 0 Å². The highest BCUT2D eigenvalue weighted by Gasteiger charge is 2.23. The van der Waals surface area contributed by atoms with Crippen LogP contribution in [0.5, 0.6) is 34.5 Å². The average molecular weight is 434 g/mol. The smallest absolute Gasteiger partial charge is 0.203 e. The average Bonchev–Trinajstić information content (AvgIpc) is 2.86. The van der Waals surface area contributed by atoms with Crippen LogP contribution in [0.25, 0.3) is 11.6 Å². The lowest BCUT2D eigenvalue weighted by Gasteiger charge is -2.23. The van der Waals surface area contributed by atoms with Crippen molar-refractivity contribution >= 4 is 11.6 Å². The molecule has 0 saturated carbocycles. The molecule has 0 N–H and O–H groups in total. The Kier molecular flexibility index (Phi) is 6.40. The van der Waals surface area contributed by atoms with Crippen LogP contribution in [0.4, 0.5) is 0 Å². The first-order valence-electron chi connectivity index (χ1n) is 10.2. The van der Waals surface area contributed by atoms with Crippen molar-refractivity contribution < 1.29 is 28.4 Å². The minimum atomic E-state index is 0.378. The van der Waals surface area contributed by atoms with Crippen LogP contribution in [0, 0.1) is 0 Å². The van der Waals surface area contributed by atoms with E-state index in [4.69, 9.17) is 28.4 Å². The number of hydrogen-bond acceptors (Lipinski definition) is 6. The van der Waals surface area contributed by atoms with E-state index in [1.54, 1.807) is 28.4 Å². The van der Waals surface area contributed by atoms with Crippen LogP contribution in [0.1, 0.15) is 16.7 Å². The van der Waals surface area contributed by atoms with Gasteiger partial charge in [0.05, 0.1) is 28.4 Å². The van der Waals surface area contributed by atoms with E-state index >= 15 is 0 Å². The molecule has 166 valence electrons. The standard InChI is InChI=1S/C26H26O6/c1-27-21-11-10-20(25(29-3)26(21)30-4)19-12-18-13-23(28-2)24(14-22(18)32-16-19)31-15-17-8-6-5-7-9-17/h5-14H,15-16H2,1-4H3. The van der Waals surface area contributed by atoms with E-state index in [0.717, 1.165) is 28.0 Å². The summed E-state index contributed by atoms with van der Waals surface area (Å²) in [7, 11) is 6.42. The molecule has 4 rings (SSSR count). The molecule has 0 bridgehead atoms. The van der Waals surface area contributed by atoms with Gasteiger partial charge in [0.15, 0.2) is 23.0 Å². The Bertz CT molecular complexity index is 1120. The van der Waals surface area contributed by atoms with E-state index < -0.39 is 0 Å². The van der Waals surface area contributed by atoms with Crippen molar-refractivity contribution in [3.8, 4) is 34.5 Å². The molecule has 0 aromatic heterocycles. The SMILES string of the molecule is COc1cc2c(cc1OCc1ccccc1)OCC(c1ccc(OC)c(OC)c1OC)=C2.